The molecule has 0 amide bonds. The maximum absolute atomic E-state index is 13.0. The molecule has 1 aromatic carbocycles. The van der Waals surface area contributed by atoms with E-state index in [1.807, 2.05) is 6.07 Å². The first kappa shape index (κ1) is 37.0. The number of aryl methyl sites for hydroxylation is 1. The topological polar surface area (TPSA) is 132 Å². The quantitative estimate of drug-likeness (QED) is 0.215. The molecule has 7 rings (SSSR count). The first-order chi connectivity index (χ1) is 24.9. The highest BCUT2D eigenvalue weighted by molar-refractivity contribution is 7.87. The molecule has 0 bridgehead atoms. The smallest absolute Gasteiger partial charge is 0.381 e. The molecule has 52 heavy (non-hydrogen) atoms. The van der Waals surface area contributed by atoms with E-state index in [4.69, 9.17) is 4.74 Å². The number of nitriles is 1. The van der Waals surface area contributed by atoms with Gasteiger partial charge in [0.2, 0.25) is 0 Å². The normalized spacial score (nSPS) is 19.6. The highest BCUT2D eigenvalue weighted by Crippen LogP contribution is 2.34. The summed E-state index contributed by atoms with van der Waals surface area (Å²) in [6, 6.07) is 10.4. The van der Waals surface area contributed by atoms with Crippen LogP contribution in [-0.4, -0.2) is 114 Å². The molecule has 3 aliphatic heterocycles. The molecule has 0 radical (unpaired) electrons. The van der Waals surface area contributed by atoms with Crippen LogP contribution in [0, 0.1) is 24.2 Å². The molecule has 3 saturated heterocycles. The lowest BCUT2D eigenvalue weighted by atomic mass is 10.0. The molecule has 2 N–H and O–H groups in total. The highest BCUT2D eigenvalue weighted by Gasteiger charge is 2.32. The molecule has 3 fully saturated rings. The number of anilines is 1. The molecule has 3 aromatic heterocycles. The number of ether oxygens (including phenoxy) is 1. The van der Waals surface area contributed by atoms with E-state index in [9.17, 15) is 26.9 Å². The molecule has 0 spiro atoms. The number of alkyl halides is 3. The van der Waals surface area contributed by atoms with Crippen molar-refractivity contribution in [1.82, 2.24) is 33.4 Å². The second-order valence-corrected chi connectivity index (χ2v) is 17.1. The Morgan fingerprint density at radius 3 is 2.50 bits per heavy atom. The zero-order valence-corrected chi connectivity index (χ0v) is 31.0. The van der Waals surface area contributed by atoms with E-state index in [1.165, 1.54) is 16.2 Å². The second kappa shape index (κ2) is 15.2. The molecule has 17 heteroatoms. The van der Waals surface area contributed by atoms with Gasteiger partial charge in [0.05, 0.1) is 25.0 Å². The predicted octanol–water partition coefficient (Wildman–Crippen LogP) is 4.49. The number of nitrogens with one attached hydrogen (secondary N) is 2. The van der Waals surface area contributed by atoms with Crippen molar-refractivity contribution in [3.63, 3.8) is 0 Å². The van der Waals surface area contributed by atoms with Gasteiger partial charge < -0.3 is 14.6 Å². The van der Waals surface area contributed by atoms with Crippen molar-refractivity contribution < 1.29 is 26.3 Å². The molecular formula is C35H44F3N9O3S2. The van der Waals surface area contributed by atoms with Gasteiger partial charge >= 0.3 is 6.18 Å². The van der Waals surface area contributed by atoms with Gasteiger partial charge in [-0.2, -0.15) is 31.2 Å². The van der Waals surface area contributed by atoms with E-state index in [0.29, 0.717) is 74.2 Å². The average molecular weight is 760 g/mol. The van der Waals surface area contributed by atoms with Crippen LogP contribution in [0.5, 0.6) is 0 Å². The van der Waals surface area contributed by atoms with Gasteiger partial charge in [0, 0.05) is 92.7 Å². The van der Waals surface area contributed by atoms with E-state index in [2.05, 4.69) is 66.4 Å². The fourth-order valence-corrected chi connectivity index (χ4v) is 9.74. The predicted molar refractivity (Wildman–Crippen MR) is 194 cm³/mol. The number of hydrogen-bond donors (Lipinski definition) is 2. The molecule has 0 aliphatic carbocycles. The third-order valence-electron chi connectivity index (χ3n) is 10.6. The average Bonchev–Trinajstić information content (AvgIpc) is 3.66. The Balaban J connectivity index is 0.945. The molecule has 6 heterocycles. The van der Waals surface area contributed by atoms with Gasteiger partial charge in [-0.05, 0) is 56.0 Å². The van der Waals surface area contributed by atoms with Crippen molar-refractivity contribution in [2.45, 2.75) is 64.5 Å². The van der Waals surface area contributed by atoms with Crippen molar-refractivity contribution in [3.8, 4) is 6.07 Å². The SMILES string of the molecule is Cc1c(CN2CCC(Nc3ncnc4sc(CC(F)(F)F)cc34)CC2)ccc2c1cc(C#N)n2CC(C)N1CCN(S(=O)(=O)NCC2COC2)CC1. The van der Waals surface area contributed by atoms with Gasteiger partial charge in [0.25, 0.3) is 10.2 Å². The summed E-state index contributed by atoms with van der Waals surface area (Å²) in [5.74, 6) is 0.827. The summed E-state index contributed by atoms with van der Waals surface area (Å²) in [4.78, 5) is 14.0. The van der Waals surface area contributed by atoms with Crippen molar-refractivity contribution in [3.05, 3.63) is 52.3 Å². The van der Waals surface area contributed by atoms with Crippen molar-refractivity contribution in [2.75, 3.05) is 64.3 Å². The number of thiophene rings is 1. The standard InChI is InChI=1S/C35H44F3N9O3S2/c1-23(45-9-11-46(12-10-45)52(48,49)42-17-25-20-50-21-25)18-47-28(16-39)13-30-24(2)26(3-4-32(30)47)19-44-7-5-27(6-8-44)43-33-31-14-29(15-35(36,37)38)51-34(31)41-22-40-33/h3-4,13-14,22-23,25,27,42H,5-12,15,17-21H2,1-2H3,(H,40,41,43). The highest BCUT2D eigenvalue weighted by atomic mass is 32.2. The van der Waals surface area contributed by atoms with Crippen LogP contribution in [-0.2, 0) is 34.5 Å². The van der Waals surface area contributed by atoms with Crippen LogP contribution in [0.4, 0.5) is 19.0 Å². The molecule has 280 valence electrons. The Kier molecular flexibility index (Phi) is 10.8. The Morgan fingerprint density at radius 2 is 1.83 bits per heavy atom. The minimum absolute atomic E-state index is 0.0997. The van der Waals surface area contributed by atoms with Gasteiger partial charge in [0.1, 0.15) is 28.7 Å². The minimum atomic E-state index is -4.27. The van der Waals surface area contributed by atoms with Crippen molar-refractivity contribution in [1.29, 1.82) is 5.26 Å². The fraction of sp³-hybridized carbons (Fsp3) is 0.571. The number of piperidine rings is 1. The summed E-state index contributed by atoms with van der Waals surface area (Å²) in [5, 5.41) is 15.3. The lowest BCUT2D eigenvalue weighted by Gasteiger charge is -2.38. The summed E-state index contributed by atoms with van der Waals surface area (Å²) in [5.41, 5.74) is 3.98. The zero-order valence-electron chi connectivity index (χ0n) is 29.3. The maximum atomic E-state index is 13.0. The van der Waals surface area contributed by atoms with E-state index >= 15 is 0 Å². The van der Waals surface area contributed by atoms with Crippen LogP contribution in [0.1, 0.15) is 41.5 Å². The molecule has 1 atom stereocenters. The minimum Gasteiger partial charge on any atom is -0.381 e. The first-order valence-corrected chi connectivity index (χ1v) is 20.0. The third-order valence-corrected chi connectivity index (χ3v) is 13.2. The Morgan fingerprint density at radius 1 is 1.08 bits per heavy atom. The summed E-state index contributed by atoms with van der Waals surface area (Å²) in [6.07, 6.45) is -2.10. The van der Waals surface area contributed by atoms with E-state index < -0.39 is 22.8 Å². The molecule has 3 aliphatic rings. The second-order valence-electron chi connectivity index (χ2n) is 14.2. The number of rotatable bonds is 12. The number of hydrogen-bond acceptors (Lipinski definition) is 10. The molecule has 4 aromatic rings. The number of halogens is 3. The van der Waals surface area contributed by atoms with Crippen LogP contribution < -0.4 is 10.0 Å². The van der Waals surface area contributed by atoms with E-state index in [1.54, 1.807) is 6.07 Å². The molecule has 0 saturated carbocycles. The van der Waals surface area contributed by atoms with Crippen molar-refractivity contribution >= 4 is 48.5 Å². The van der Waals surface area contributed by atoms with Gasteiger partial charge in [0.15, 0.2) is 0 Å². The summed E-state index contributed by atoms with van der Waals surface area (Å²) >= 11 is 1.06. The monoisotopic (exact) mass is 759 g/mol. The maximum Gasteiger partial charge on any atom is 0.393 e. The van der Waals surface area contributed by atoms with Gasteiger partial charge in [-0.25, -0.2) is 14.7 Å². The largest absolute Gasteiger partial charge is 0.393 e. The Labute approximate surface area is 305 Å². The molecule has 1 unspecified atom stereocenters. The number of fused-ring (bicyclic) bond motifs is 2. The first-order valence-electron chi connectivity index (χ1n) is 17.7. The van der Waals surface area contributed by atoms with Crippen LogP contribution >= 0.6 is 11.3 Å². The molecular weight excluding hydrogens is 716 g/mol. The third kappa shape index (κ3) is 8.23. The lowest BCUT2D eigenvalue weighted by Crippen LogP contribution is -2.55. The van der Waals surface area contributed by atoms with Gasteiger partial charge in [-0.1, -0.05) is 6.07 Å². The number of likely N-dealkylation sites (tertiary alicyclic amines) is 1. The fourth-order valence-electron chi connectivity index (χ4n) is 7.44. The lowest BCUT2D eigenvalue weighted by molar-refractivity contribution is -0.126. The van der Waals surface area contributed by atoms with Gasteiger partial charge in [-0.15, -0.1) is 11.3 Å². The number of benzene rings is 1. The number of aromatic nitrogens is 3. The van der Waals surface area contributed by atoms with Crippen LogP contribution in [0.2, 0.25) is 0 Å². The summed E-state index contributed by atoms with van der Waals surface area (Å²) in [6.45, 7) is 11.0. The van der Waals surface area contributed by atoms with Crippen LogP contribution in [0.15, 0.2) is 30.6 Å². The number of nitrogens with zero attached hydrogens (tertiary/aromatic N) is 7. The van der Waals surface area contributed by atoms with E-state index in [-0.39, 0.29) is 22.9 Å². The van der Waals surface area contributed by atoms with Crippen molar-refractivity contribution in [2.24, 2.45) is 5.92 Å². The number of piperazine rings is 1. The van der Waals surface area contributed by atoms with E-state index in [0.717, 1.165) is 60.3 Å². The summed E-state index contributed by atoms with van der Waals surface area (Å²) in [7, 11) is -3.53. The Bertz CT molecular complexity index is 2040. The zero-order chi connectivity index (χ0) is 36.6. The van der Waals surface area contributed by atoms with Crippen LogP contribution in [0.3, 0.4) is 0 Å². The molecule has 12 nitrogen and oxygen atoms in total. The summed E-state index contributed by atoms with van der Waals surface area (Å²) < 4.78 is 76.0. The van der Waals surface area contributed by atoms with Crippen LogP contribution in [0.25, 0.3) is 21.1 Å². The Hall–Kier alpha value is -3.37. The van der Waals surface area contributed by atoms with Gasteiger partial charge in [-0.3, -0.25) is 9.80 Å².